The van der Waals surface area contributed by atoms with Gasteiger partial charge >= 0.3 is 6.09 Å². The van der Waals surface area contributed by atoms with Crippen LogP contribution in [0.5, 0.6) is 0 Å². The molecule has 0 saturated carbocycles. The Morgan fingerprint density at radius 2 is 2.64 bits per heavy atom. The molecule has 2 N–H and O–H groups in total. The van der Waals surface area contributed by atoms with Crippen LogP contribution < -0.4 is 5.32 Å². The Morgan fingerprint density at radius 1 is 1.91 bits per heavy atom. The highest BCUT2D eigenvalue weighted by molar-refractivity contribution is 5.69. The minimum absolute atomic E-state index is 0.206. The highest BCUT2D eigenvalue weighted by atomic mass is 16.6. The summed E-state index contributed by atoms with van der Waals surface area (Å²) in [6, 6.07) is -0.206. The van der Waals surface area contributed by atoms with Crippen molar-refractivity contribution in [1.29, 1.82) is 0 Å². The van der Waals surface area contributed by atoms with Crippen LogP contribution in [-0.4, -0.2) is 30.0 Å². The van der Waals surface area contributed by atoms with Gasteiger partial charge in [0, 0.05) is 0 Å². The minimum atomic E-state index is -0.466. The van der Waals surface area contributed by atoms with E-state index in [2.05, 4.69) is 10.1 Å². The van der Waals surface area contributed by atoms with Gasteiger partial charge in [0.05, 0.1) is 12.1 Å². The predicted octanol–water partition coefficient (Wildman–Crippen LogP) is 0.256. The molecule has 0 aliphatic carbocycles. The number of alkyl carbamates (subject to hydrolysis) is 1. The van der Waals surface area contributed by atoms with E-state index in [0.29, 0.717) is 13.0 Å². The first-order chi connectivity index (χ1) is 5.24. The van der Waals surface area contributed by atoms with Gasteiger partial charge in [-0.1, -0.05) is 13.3 Å². The smallest absolute Gasteiger partial charge is 0.407 e. The molecule has 4 nitrogen and oxygen atoms in total. The summed E-state index contributed by atoms with van der Waals surface area (Å²) >= 11 is 0. The Morgan fingerprint density at radius 3 is 3.09 bits per heavy atom. The molecule has 1 heterocycles. The van der Waals surface area contributed by atoms with Crippen LogP contribution in [-0.2, 0) is 4.74 Å². The predicted molar refractivity (Wildman–Crippen MR) is 39.2 cm³/mol. The maximum Gasteiger partial charge on any atom is 0.407 e. The molecule has 0 spiro atoms. The molecule has 1 saturated heterocycles. The lowest BCUT2D eigenvalue weighted by atomic mass is 10.1. The molecule has 0 aromatic rings. The fraction of sp³-hybridized carbons (Fsp3) is 0.857. The summed E-state index contributed by atoms with van der Waals surface area (Å²) in [4.78, 5) is 10.5. The maximum atomic E-state index is 10.5. The molecule has 0 aromatic heterocycles. The standard InChI is InChI=1S/C7H13NO3/c1-2-3-6(9)5-4-11-7(10)8-5/h5-6,9H,2-4H2,1H3,(H,8,10)/t5-,6-/m0/s1. The third-order valence-electron chi connectivity index (χ3n) is 1.75. The number of aliphatic hydroxyl groups is 1. The molecular weight excluding hydrogens is 146 g/mol. The molecule has 1 aliphatic heterocycles. The highest BCUT2D eigenvalue weighted by Crippen LogP contribution is 2.07. The summed E-state index contributed by atoms with van der Waals surface area (Å²) in [5.41, 5.74) is 0. The second kappa shape index (κ2) is 3.57. The van der Waals surface area contributed by atoms with E-state index in [1.807, 2.05) is 6.92 Å². The fourth-order valence-corrected chi connectivity index (χ4v) is 1.10. The van der Waals surface area contributed by atoms with Crippen LogP contribution >= 0.6 is 0 Å². The first-order valence-electron chi connectivity index (χ1n) is 3.85. The van der Waals surface area contributed by atoms with Crippen LogP contribution in [0, 0.1) is 0 Å². The fourth-order valence-electron chi connectivity index (χ4n) is 1.10. The number of carbonyl (C=O) groups excluding carboxylic acids is 1. The number of hydrogen-bond donors (Lipinski definition) is 2. The average Bonchev–Trinajstić information content (AvgIpc) is 2.36. The Hall–Kier alpha value is -0.770. The molecular formula is C7H13NO3. The lowest BCUT2D eigenvalue weighted by Crippen LogP contribution is -2.37. The quantitative estimate of drug-likeness (QED) is 0.620. The van der Waals surface area contributed by atoms with Crippen LogP contribution in [0.25, 0.3) is 0 Å². The van der Waals surface area contributed by atoms with Crippen LogP contribution in [0.4, 0.5) is 4.79 Å². The number of nitrogens with one attached hydrogen (secondary N) is 1. The van der Waals surface area contributed by atoms with Crippen molar-refractivity contribution in [1.82, 2.24) is 5.32 Å². The molecule has 0 bridgehead atoms. The van der Waals surface area contributed by atoms with E-state index < -0.39 is 12.2 Å². The van der Waals surface area contributed by atoms with Gasteiger partial charge in [-0.15, -0.1) is 0 Å². The number of ether oxygens (including phenoxy) is 1. The number of rotatable bonds is 3. The lowest BCUT2D eigenvalue weighted by Gasteiger charge is -2.13. The first-order valence-corrected chi connectivity index (χ1v) is 3.85. The van der Waals surface area contributed by atoms with Crippen LogP contribution in [0.15, 0.2) is 0 Å². The van der Waals surface area contributed by atoms with Gasteiger partial charge in [0.1, 0.15) is 6.61 Å². The summed E-state index contributed by atoms with van der Waals surface area (Å²) in [6.07, 6.45) is 0.721. The van der Waals surface area contributed by atoms with Gasteiger partial charge in [-0.25, -0.2) is 4.79 Å². The van der Waals surface area contributed by atoms with E-state index in [4.69, 9.17) is 0 Å². The van der Waals surface area contributed by atoms with Crippen LogP contribution in [0.1, 0.15) is 19.8 Å². The lowest BCUT2D eigenvalue weighted by molar-refractivity contribution is 0.116. The Balaban J connectivity index is 2.30. The van der Waals surface area contributed by atoms with Crippen molar-refractivity contribution >= 4 is 6.09 Å². The van der Waals surface area contributed by atoms with Gasteiger partial charge in [0.15, 0.2) is 0 Å². The van der Waals surface area contributed by atoms with Gasteiger partial charge in [-0.2, -0.15) is 0 Å². The summed E-state index contributed by atoms with van der Waals surface area (Å²) < 4.78 is 4.62. The van der Waals surface area contributed by atoms with Gasteiger partial charge in [0.25, 0.3) is 0 Å². The Kier molecular flexibility index (Phi) is 2.70. The third kappa shape index (κ3) is 2.08. The normalized spacial score (nSPS) is 26.0. The zero-order valence-electron chi connectivity index (χ0n) is 6.54. The van der Waals surface area contributed by atoms with E-state index >= 15 is 0 Å². The number of aliphatic hydroxyl groups excluding tert-OH is 1. The second-order valence-electron chi connectivity index (χ2n) is 2.71. The topological polar surface area (TPSA) is 58.6 Å². The minimum Gasteiger partial charge on any atom is -0.447 e. The van der Waals surface area contributed by atoms with E-state index in [1.54, 1.807) is 0 Å². The van der Waals surface area contributed by atoms with Crippen molar-refractivity contribution in [2.24, 2.45) is 0 Å². The van der Waals surface area contributed by atoms with Crippen LogP contribution in [0.3, 0.4) is 0 Å². The summed E-state index contributed by atoms with van der Waals surface area (Å²) in [5, 5.41) is 11.9. The summed E-state index contributed by atoms with van der Waals surface area (Å²) in [6.45, 7) is 2.28. The van der Waals surface area contributed by atoms with E-state index in [0.717, 1.165) is 6.42 Å². The van der Waals surface area contributed by atoms with E-state index in [-0.39, 0.29) is 6.04 Å². The van der Waals surface area contributed by atoms with Crippen molar-refractivity contribution in [3.8, 4) is 0 Å². The van der Waals surface area contributed by atoms with Gasteiger partial charge < -0.3 is 15.2 Å². The maximum absolute atomic E-state index is 10.5. The third-order valence-corrected chi connectivity index (χ3v) is 1.75. The number of carbonyl (C=O) groups is 1. The summed E-state index contributed by atoms with van der Waals surface area (Å²) in [5.74, 6) is 0. The van der Waals surface area contributed by atoms with Crippen LogP contribution in [0.2, 0.25) is 0 Å². The number of hydrogen-bond acceptors (Lipinski definition) is 3. The van der Waals surface area contributed by atoms with E-state index in [1.165, 1.54) is 0 Å². The molecule has 11 heavy (non-hydrogen) atoms. The molecule has 4 heteroatoms. The average molecular weight is 159 g/mol. The Bertz CT molecular complexity index is 149. The Labute approximate surface area is 65.5 Å². The first kappa shape index (κ1) is 8.33. The van der Waals surface area contributed by atoms with Crippen molar-refractivity contribution in [2.45, 2.75) is 31.9 Å². The zero-order valence-corrected chi connectivity index (χ0v) is 6.54. The van der Waals surface area contributed by atoms with Crippen molar-refractivity contribution < 1.29 is 14.6 Å². The molecule has 1 aliphatic rings. The monoisotopic (exact) mass is 159 g/mol. The van der Waals surface area contributed by atoms with Crippen molar-refractivity contribution in [3.05, 3.63) is 0 Å². The molecule has 2 atom stereocenters. The van der Waals surface area contributed by atoms with Gasteiger partial charge in [-0.3, -0.25) is 0 Å². The van der Waals surface area contributed by atoms with Gasteiger partial charge in [0.2, 0.25) is 0 Å². The molecule has 1 fully saturated rings. The number of cyclic esters (lactones) is 1. The molecule has 0 aromatic carbocycles. The second-order valence-corrected chi connectivity index (χ2v) is 2.71. The number of amides is 1. The SMILES string of the molecule is CCC[C@H](O)[C@@H]1COC(=O)N1. The van der Waals surface area contributed by atoms with Crippen molar-refractivity contribution in [2.75, 3.05) is 6.61 Å². The van der Waals surface area contributed by atoms with Gasteiger partial charge in [-0.05, 0) is 6.42 Å². The summed E-state index contributed by atoms with van der Waals surface area (Å²) in [7, 11) is 0. The highest BCUT2D eigenvalue weighted by Gasteiger charge is 2.27. The zero-order chi connectivity index (χ0) is 8.27. The van der Waals surface area contributed by atoms with Crippen molar-refractivity contribution in [3.63, 3.8) is 0 Å². The molecule has 0 unspecified atom stereocenters. The van der Waals surface area contributed by atoms with E-state index in [9.17, 15) is 9.90 Å². The molecule has 1 rings (SSSR count). The largest absolute Gasteiger partial charge is 0.447 e. The molecule has 1 amide bonds. The molecule has 0 radical (unpaired) electrons. The molecule has 64 valence electrons.